The molecule has 4 saturated carbocycles. The van der Waals surface area contributed by atoms with Crippen LogP contribution in [0.5, 0.6) is 0 Å². The molecule has 2 N–H and O–H groups in total. The van der Waals surface area contributed by atoms with E-state index in [2.05, 4.69) is 15.8 Å². The van der Waals surface area contributed by atoms with Crippen molar-refractivity contribution in [2.45, 2.75) is 45.4 Å². The van der Waals surface area contributed by atoms with E-state index in [9.17, 15) is 4.79 Å². The minimum atomic E-state index is -0.180. The first-order chi connectivity index (χ1) is 10.5. The van der Waals surface area contributed by atoms with Gasteiger partial charge in [-0.15, -0.1) is 0 Å². The molecule has 0 unspecified atom stereocenters. The Kier molecular flexibility index (Phi) is 3.25. The number of nitrogens with zero attached hydrogens (tertiary/aromatic N) is 1. The van der Waals surface area contributed by atoms with Gasteiger partial charge in [0.2, 0.25) is 5.91 Å². The lowest BCUT2D eigenvalue weighted by molar-refractivity contribution is -0.144. The molecule has 4 fully saturated rings. The van der Waals surface area contributed by atoms with Crippen LogP contribution in [-0.4, -0.2) is 16.2 Å². The van der Waals surface area contributed by atoms with Crippen LogP contribution in [0.3, 0.4) is 0 Å². The zero-order valence-electron chi connectivity index (χ0n) is 12.7. The van der Waals surface area contributed by atoms with Crippen molar-refractivity contribution in [2.75, 3.05) is 5.32 Å². The molecule has 1 heterocycles. The van der Waals surface area contributed by atoms with Crippen molar-refractivity contribution in [3.8, 4) is 0 Å². The van der Waals surface area contributed by atoms with E-state index in [0.29, 0.717) is 16.7 Å². The van der Waals surface area contributed by atoms with Crippen LogP contribution in [0.1, 0.15) is 44.3 Å². The summed E-state index contributed by atoms with van der Waals surface area (Å²) in [6.45, 7) is 1.81. The number of aromatic nitrogens is 1. The molecule has 0 saturated heterocycles. The highest BCUT2D eigenvalue weighted by Crippen LogP contribution is 2.60. The van der Waals surface area contributed by atoms with Crippen LogP contribution in [0.15, 0.2) is 10.6 Å². The first-order valence-electron chi connectivity index (χ1n) is 8.08. The lowest BCUT2D eigenvalue weighted by Gasteiger charge is -2.55. The maximum absolute atomic E-state index is 12.8. The van der Waals surface area contributed by atoms with Crippen LogP contribution in [0.2, 0.25) is 0 Å². The summed E-state index contributed by atoms with van der Waals surface area (Å²) >= 11 is 5.25. The smallest absolute Gasteiger partial charge is 0.232 e. The maximum Gasteiger partial charge on any atom is 0.232 e. The van der Waals surface area contributed by atoms with E-state index in [-0.39, 0.29) is 11.3 Å². The number of hydrogen-bond acceptors (Lipinski definition) is 4. The van der Waals surface area contributed by atoms with Gasteiger partial charge in [0.25, 0.3) is 0 Å². The lowest BCUT2D eigenvalue weighted by atomic mass is 9.49. The number of hydrogen-bond donors (Lipinski definition) is 2. The van der Waals surface area contributed by atoms with Gasteiger partial charge in [-0.25, -0.2) is 0 Å². The first kappa shape index (κ1) is 14.2. The summed E-state index contributed by atoms with van der Waals surface area (Å²) in [5.74, 6) is 3.58. The predicted octanol–water partition coefficient (Wildman–Crippen LogP) is 3.01. The summed E-state index contributed by atoms with van der Waals surface area (Å²) in [7, 11) is 0. The van der Waals surface area contributed by atoms with E-state index in [1.807, 2.05) is 6.92 Å². The molecule has 1 amide bonds. The molecule has 0 spiro atoms. The molecule has 4 bridgehead atoms. The van der Waals surface area contributed by atoms with Crippen LogP contribution >= 0.6 is 12.2 Å². The normalized spacial score (nSPS) is 35.4. The minimum absolute atomic E-state index is 0.101. The first-order valence-corrected chi connectivity index (χ1v) is 8.49. The van der Waals surface area contributed by atoms with Crippen molar-refractivity contribution in [3.05, 3.63) is 11.8 Å². The van der Waals surface area contributed by atoms with Crippen LogP contribution in [-0.2, 0) is 4.79 Å². The number of anilines is 1. The Bertz CT molecular complexity index is 589. The number of nitrogens with one attached hydrogen (secondary N) is 2. The number of aryl methyl sites for hydroxylation is 1. The van der Waals surface area contributed by atoms with Gasteiger partial charge in [-0.3, -0.25) is 4.79 Å². The third-order valence-electron chi connectivity index (χ3n) is 5.62. The molecule has 1 aromatic heterocycles. The van der Waals surface area contributed by atoms with Crippen molar-refractivity contribution in [3.63, 3.8) is 0 Å². The van der Waals surface area contributed by atoms with Gasteiger partial charge in [0.1, 0.15) is 5.76 Å². The molecule has 0 radical (unpaired) electrons. The Balaban J connectivity index is 1.42. The van der Waals surface area contributed by atoms with Gasteiger partial charge in [-0.05, 0) is 75.4 Å². The monoisotopic (exact) mass is 319 g/mol. The van der Waals surface area contributed by atoms with E-state index in [4.69, 9.17) is 16.7 Å². The molecule has 22 heavy (non-hydrogen) atoms. The van der Waals surface area contributed by atoms with Crippen molar-refractivity contribution >= 4 is 29.1 Å². The SMILES string of the molecule is Cc1cc(NC(=S)NC(=O)C23CC4CC(CC(C4)C2)C3)no1. The molecular weight excluding hydrogens is 298 g/mol. The van der Waals surface area contributed by atoms with Crippen LogP contribution in [0.4, 0.5) is 5.82 Å². The Labute approximate surface area is 135 Å². The largest absolute Gasteiger partial charge is 0.360 e. The average Bonchev–Trinajstić information content (AvgIpc) is 2.82. The fourth-order valence-electron chi connectivity index (χ4n) is 5.20. The Morgan fingerprint density at radius 2 is 1.86 bits per heavy atom. The summed E-state index contributed by atoms with van der Waals surface area (Å²) in [4.78, 5) is 12.8. The second-order valence-electron chi connectivity index (χ2n) is 7.43. The van der Waals surface area contributed by atoms with Gasteiger partial charge >= 0.3 is 0 Å². The zero-order chi connectivity index (χ0) is 15.3. The highest BCUT2D eigenvalue weighted by molar-refractivity contribution is 7.80. The van der Waals surface area contributed by atoms with Crippen molar-refractivity contribution in [1.82, 2.24) is 10.5 Å². The molecule has 118 valence electrons. The topological polar surface area (TPSA) is 67.2 Å². The molecular formula is C16H21N3O2S. The van der Waals surface area contributed by atoms with Crippen molar-refractivity contribution < 1.29 is 9.32 Å². The summed E-state index contributed by atoms with van der Waals surface area (Å²) in [5.41, 5.74) is -0.180. The Morgan fingerprint density at radius 3 is 2.36 bits per heavy atom. The fourth-order valence-corrected chi connectivity index (χ4v) is 5.39. The number of thiocarbonyl (C=S) groups is 1. The number of carbonyl (C=O) groups excluding carboxylic acids is 1. The number of amides is 1. The van der Waals surface area contributed by atoms with Crippen molar-refractivity contribution in [1.29, 1.82) is 0 Å². The molecule has 0 aromatic carbocycles. The molecule has 0 atom stereocenters. The van der Waals surface area contributed by atoms with E-state index in [1.54, 1.807) is 6.07 Å². The van der Waals surface area contributed by atoms with Crippen LogP contribution < -0.4 is 10.6 Å². The van der Waals surface area contributed by atoms with Gasteiger partial charge < -0.3 is 15.2 Å². The van der Waals surface area contributed by atoms with E-state index in [0.717, 1.165) is 37.0 Å². The molecule has 5 nitrogen and oxygen atoms in total. The number of rotatable bonds is 2. The van der Waals surface area contributed by atoms with Gasteiger partial charge in [0.15, 0.2) is 10.9 Å². The molecule has 1 aromatic rings. The van der Waals surface area contributed by atoms with Gasteiger partial charge in [0.05, 0.1) is 5.41 Å². The van der Waals surface area contributed by atoms with Crippen LogP contribution in [0, 0.1) is 30.1 Å². The van der Waals surface area contributed by atoms with Crippen LogP contribution in [0.25, 0.3) is 0 Å². The Morgan fingerprint density at radius 1 is 1.27 bits per heavy atom. The lowest BCUT2D eigenvalue weighted by Crippen LogP contribution is -2.55. The standard InChI is InChI=1S/C16H21N3O2S/c1-9-2-13(19-21-9)17-15(22)18-14(20)16-6-10-3-11(7-16)5-12(4-10)8-16/h2,10-12H,3-8H2,1H3,(H2,17,18,19,20,22). The third-order valence-corrected chi connectivity index (χ3v) is 5.82. The fraction of sp³-hybridized carbons (Fsp3) is 0.688. The second kappa shape index (κ2) is 5.05. The summed E-state index contributed by atoms with van der Waals surface area (Å²) < 4.78 is 4.99. The third kappa shape index (κ3) is 2.43. The molecule has 6 heteroatoms. The number of carbonyl (C=O) groups is 1. The summed E-state index contributed by atoms with van der Waals surface area (Å²) in [5, 5.41) is 9.96. The van der Waals surface area contributed by atoms with Gasteiger partial charge in [-0.2, -0.15) is 0 Å². The average molecular weight is 319 g/mol. The second-order valence-corrected chi connectivity index (χ2v) is 7.84. The maximum atomic E-state index is 12.8. The zero-order valence-corrected chi connectivity index (χ0v) is 13.5. The van der Waals surface area contributed by atoms with E-state index in [1.165, 1.54) is 19.3 Å². The summed E-state index contributed by atoms with van der Waals surface area (Å²) in [6, 6.07) is 1.75. The predicted molar refractivity (Wildman–Crippen MR) is 86.2 cm³/mol. The minimum Gasteiger partial charge on any atom is -0.360 e. The van der Waals surface area contributed by atoms with Gasteiger partial charge in [-0.1, -0.05) is 5.16 Å². The highest BCUT2D eigenvalue weighted by Gasteiger charge is 2.54. The molecule has 0 aliphatic heterocycles. The Hall–Kier alpha value is -1.43. The van der Waals surface area contributed by atoms with Gasteiger partial charge in [0, 0.05) is 6.07 Å². The quantitative estimate of drug-likeness (QED) is 0.820. The van der Waals surface area contributed by atoms with Crippen molar-refractivity contribution in [2.24, 2.45) is 23.2 Å². The summed E-state index contributed by atoms with van der Waals surface area (Å²) in [6.07, 6.45) is 7.10. The molecule has 4 aliphatic rings. The highest BCUT2D eigenvalue weighted by atomic mass is 32.1. The van der Waals surface area contributed by atoms with E-state index < -0.39 is 0 Å². The molecule has 5 rings (SSSR count). The van der Waals surface area contributed by atoms with E-state index >= 15 is 0 Å². The molecule has 4 aliphatic carbocycles.